The van der Waals surface area contributed by atoms with Crippen molar-refractivity contribution in [3.05, 3.63) is 53.3 Å². The molecule has 0 spiro atoms. The summed E-state index contributed by atoms with van der Waals surface area (Å²) in [5.74, 6) is 2.67. The van der Waals surface area contributed by atoms with Crippen LogP contribution in [0.5, 0.6) is 11.5 Å². The number of hydrogen-bond donors (Lipinski definition) is 1. The second kappa shape index (κ2) is 6.12. The predicted molar refractivity (Wildman–Crippen MR) is 91.0 cm³/mol. The first-order chi connectivity index (χ1) is 11.1. The molecule has 0 saturated carbocycles. The van der Waals surface area contributed by atoms with Crippen molar-refractivity contribution in [1.82, 2.24) is 9.97 Å². The number of aryl methyl sites for hydroxylation is 1. The van der Waals surface area contributed by atoms with E-state index in [0.29, 0.717) is 18.1 Å². The Morgan fingerprint density at radius 3 is 2.61 bits per heavy atom. The van der Waals surface area contributed by atoms with Crippen LogP contribution in [-0.2, 0) is 6.42 Å². The highest BCUT2D eigenvalue weighted by molar-refractivity contribution is 5.90. The van der Waals surface area contributed by atoms with Crippen LogP contribution in [0.3, 0.4) is 0 Å². The number of anilines is 1. The largest absolute Gasteiger partial charge is 0.497 e. The highest BCUT2D eigenvalue weighted by atomic mass is 16.5. The molecule has 0 radical (unpaired) electrons. The van der Waals surface area contributed by atoms with Crippen LogP contribution in [0, 0.1) is 6.92 Å². The van der Waals surface area contributed by atoms with Gasteiger partial charge < -0.3 is 15.2 Å². The first kappa shape index (κ1) is 15.1. The normalized spacial score (nSPS) is 10.7. The number of fused-ring (bicyclic) bond motifs is 1. The monoisotopic (exact) mass is 309 g/mol. The first-order valence-electron chi connectivity index (χ1n) is 7.35. The van der Waals surface area contributed by atoms with Crippen LogP contribution in [0.15, 0.2) is 36.4 Å². The van der Waals surface area contributed by atoms with Crippen LogP contribution < -0.4 is 15.2 Å². The average Bonchev–Trinajstić information content (AvgIpc) is 2.56. The van der Waals surface area contributed by atoms with Gasteiger partial charge in [-0.25, -0.2) is 9.97 Å². The molecule has 0 aliphatic rings. The molecule has 5 nitrogen and oxygen atoms in total. The Bertz CT molecular complexity index is 862. The van der Waals surface area contributed by atoms with Gasteiger partial charge in [-0.3, -0.25) is 0 Å². The summed E-state index contributed by atoms with van der Waals surface area (Å²) in [5, 5.41) is 0.885. The number of aromatic nitrogens is 2. The maximum Gasteiger partial charge on any atom is 0.135 e. The van der Waals surface area contributed by atoms with Gasteiger partial charge in [-0.1, -0.05) is 18.2 Å². The molecule has 0 atom stereocenters. The molecule has 0 aliphatic carbocycles. The van der Waals surface area contributed by atoms with E-state index >= 15 is 0 Å². The van der Waals surface area contributed by atoms with E-state index in [1.54, 1.807) is 14.2 Å². The molecule has 118 valence electrons. The highest BCUT2D eigenvalue weighted by Crippen LogP contribution is 2.27. The van der Waals surface area contributed by atoms with Crippen LogP contribution in [0.4, 0.5) is 5.82 Å². The highest BCUT2D eigenvalue weighted by Gasteiger charge is 2.11. The summed E-state index contributed by atoms with van der Waals surface area (Å²) in [6, 6.07) is 11.6. The quantitative estimate of drug-likeness (QED) is 0.802. The zero-order chi connectivity index (χ0) is 16.4. The second-order valence-corrected chi connectivity index (χ2v) is 5.35. The lowest BCUT2D eigenvalue weighted by Crippen LogP contribution is -2.04. The van der Waals surface area contributed by atoms with Gasteiger partial charge >= 0.3 is 0 Å². The Kier molecular flexibility index (Phi) is 4.02. The van der Waals surface area contributed by atoms with E-state index in [9.17, 15) is 0 Å². The van der Waals surface area contributed by atoms with Crippen LogP contribution >= 0.6 is 0 Å². The van der Waals surface area contributed by atoms with Crippen molar-refractivity contribution < 1.29 is 9.47 Å². The average molecular weight is 309 g/mol. The van der Waals surface area contributed by atoms with Crippen LogP contribution in [0.25, 0.3) is 10.9 Å². The van der Waals surface area contributed by atoms with E-state index < -0.39 is 0 Å². The minimum atomic E-state index is 0.501. The van der Waals surface area contributed by atoms with Gasteiger partial charge in [0.05, 0.1) is 19.7 Å². The molecular formula is C18H19N3O2. The molecule has 0 saturated heterocycles. The van der Waals surface area contributed by atoms with Gasteiger partial charge in [0.1, 0.15) is 23.1 Å². The number of nitrogen functional groups attached to an aromatic ring is 1. The maximum absolute atomic E-state index is 6.09. The van der Waals surface area contributed by atoms with Gasteiger partial charge in [0, 0.05) is 23.4 Å². The molecule has 2 aromatic carbocycles. The fourth-order valence-electron chi connectivity index (χ4n) is 2.61. The molecule has 0 aliphatic heterocycles. The van der Waals surface area contributed by atoms with Crippen molar-refractivity contribution in [1.29, 1.82) is 0 Å². The minimum Gasteiger partial charge on any atom is -0.497 e. The van der Waals surface area contributed by atoms with Crippen LogP contribution in [0.1, 0.15) is 17.0 Å². The molecule has 1 heterocycles. The van der Waals surface area contributed by atoms with Gasteiger partial charge in [0.25, 0.3) is 0 Å². The fourth-order valence-corrected chi connectivity index (χ4v) is 2.61. The second-order valence-electron chi connectivity index (χ2n) is 5.35. The molecule has 0 fully saturated rings. The van der Waals surface area contributed by atoms with Crippen molar-refractivity contribution in [3.8, 4) is 11.5 Å². The van der Waals surface area contributed by atoms with Crippen molar-refractivity contribution in [2.24, 2.45) is 0 Å². The van der Waals surface area contributed by atoms with Gasteiger partial charge in [0.2, 0.25) is 0 Å². The number of nitrogens with two attached hydrogens (primary N) is 1. The Morgan fingerprint density at radius 1 is 1.04 bits per heavy atom. The van der Waals surface area contributed by atoms with E-state index in [1.807, 2.05) is 43.3 Å². The molecule has 1 aromatic heterocycles. The summed E-state index contributed by atoms with van der Waals surface area (Å²) in [7, 11) is 3.27. The van der Waals surface area contributed by atoms with Crippen molar-refractivity contribution in [2.45, 2.75) is 13.3 Å². The molecule has 3 aromatic rings. The topological polar surface area (TPSA) is 70.3 Å². The molecule has 2 N–H and O–H groups in total. The number of para-hydroxylation sites is 1. The first-order valence-corrected chi connectivity index (χ1v) is 7.35. The predicted octanol–water partition coefficient (Wildman–Crippen LogP) is 3.13. The van der Waals surface area contributed by atoms with Crippen molar-refractivity contribution in [3.63, 3.8) is 0 Å². The molecule has 23 heavy (non-hydrogen) atoms. The van der Waals surface area contributed by atoms with E-state index in [-0.39, 0.29) is 0 Å². The molecule has 3 rings (SSSR count). The lowest BCUT2D eigenvalue weighted by Gasteiger charge is -2.11. The summed E-state index contributed by atoms with van der Waals surface area (Å²) in [6.07, 6.45) is 0.543. The number of nitrogens with zero attached hydrogens (tertiary/aromatic N) is 2. The number of benzene rings is 2. The number of rotatable bonds is 4. The Labute approximate surface area is 135 Å². The van der Waals surface area contributed by atoms with Crippen LogP contribution in [0.2, 0.25) is 0 Å². The van der Waals surface area contributed by atoms with Crippen LogP contribution in [-0.4, -0.2) is 24.2 Å². The van der Waals surface area contributed by atoms with Gasteiger partial charge in [0.15, 0.2) is 0 Å². The summed E-state index contributed by atoms with van der Waals surface area (Å²) < 4.78 is 10.7. The summed E-state index contributed by atoms with van der Waals surface area (Å²) in [6.45, 7) is 2.02. The number of ether oxygens (including phenoxy) is 2. The standard InChI is InChI=1S/C18H19N3O2/c1-11-5-4-6-14-17(11)20-16(21-18(14)19)9-12-7-8-13(22-2)10-15(12)23-3/h4-8,10H,9H2,1-3H3,(H2,19,20,21). The zero-order valence-electron chi connectivity index (χ0n) is 13.5. The lowest BCUT2D eigenvalue weighted by atomic mass is 10.1. The van der Waals surface area contributed by atoms with Crippen molar-refractivity contribution in [2.75, 3.05) is 20.0 Å². The summed E-state index contributed by atoms with van der Waals surface area (Å²) >= 11 is 0. The summed E-state index contributed by atoms with van der Waals surface area (Å²) in [4.78, 5) is 9.11. The molecule has 0 amide bonds. The molecule has 0 bridgehead atoms. The van der Waals surface area contributed by atoms with E-state index in [2.05, 4.69) is 9.97 Å². The van der Waals surface area contributed by atoms with E-state index in [1.165, 1.54) is 0 Å². The SMILES string of the molecule is COc1ccc(Cc2nc(N)c3cccc(C)c3n2)c(OC)c1. The zero-order valence-corrected chi connectivity index (χ0v) is 13.5. The van der Waals surface area contributed by atoms with Gasteiger partial charge in [-0.2, -0.15) is 0 Å². The fraction of sp³-hybridized carbons (Fsp3) is 0.222. The maximum atomic E-state index is 6.09. The Balaban J connectivity index is 2.03. The third-order valence-electron chi connectivity index (χ3n) is 3.85. The van der Waals surface area contributed by atoms with E-state index in [4.69, 9.17) is 15.2 Å². The Hall–Kier alpha value is -2.82. The third-order valence-corrected chi connectivity index (χ3v) is 3.85. The van der Waals surface area contributed by atoms with E-state index in [0.717, 1.165) is 33.5 Å². The number of hydrogen-bond acceptors (Lipinski definition) is 5. The number of methoxy groups -OCH3 is 2. The smallest absolute Gasteiger partial charge is 0.135 e. The third kappa shape index (κ3) is 2.90. The van der Waals surface area contributed by atoms with Gasteiger partial charge in [-0.15, -0.1) is 0 Å². The lowest BCUT2D eigenvalue weighted by molar-refractivity contribution is 0.391. The Morgan fingerprint density at radius 2 is 1.87 bits per heavy atom. The summed E-state index contributed by atoms with van der Waals surface area (Å²) in [5.41, 5.74) is 9.05. The van der Waals surface area contributed by atoms with Gasteiger partial charge in [-0.05, 0) is 24.6 Å². The molecule has 0 unspecified atom stereocenters. The molecular weight excluding hydrogens is 290 g/mol. The minimum absolute atomic E-state index is 0.501. The molecule has 5 heteroatoms. The van der Waals surface area contributed by atoms with Crippen molar-refractivity contribution >= 4 is 16.7 Å².